The molecule has 0 aliphatic carbocycles. The smallest absolute Gasteiger partial charge is 0.345 e. The molecule has 0 fully saturated rings. The summed E-state index contributed by atoms with van der Waals surface area (Å²) < 4.78 is 41.3. The molecule has 1 aromatic carbocycles. The largest absolute Gasteiger partial charge is 0.416 e. The maximum absolute atomic E-state index is 12.5. The quantitative estimate of drug-likeness (QED) is 0.932. The number of aryl methyl sites for hydroxylation is 1. The zero-order valence-electron chi connectivity index (χ0n) is 11.9. The van der Waals surface area contributed by atoms with E-state index in [1.54, 1.807) is 6.92 Å². The summed E-state index contributed by atoms with van der Waals surface area (Å²) in [4.78, 5) is 12.6. The number of nitrogens with one attached hydrogen (secondary N) is 1. The molecule has 2 rings (SSSR count). The van der Waals surface area contributed by atoms with Gasteiger partial charge in [0.25, 0.3) is 5.91 Å². The Morgan fingerprint density at radius 1 is 1.32 bits per heavy atom. The van der Waals surface area contributed by atoms with Crippen LogP contribution in [0.3, 0.4) is 0 Å². The number of rotatable bonds is 4. The minimum absolute atomic E-state index is 0.320. The minimum atomic E-state index is -4.37. The third kappa shape index (κ3) is 3.62. The van der Waals surface area contributed by atoms with E-state index < -0.39 is 17.8 Å². The van der Waals surface area contributed by atoms with Gasteiger partial charge in [-0.25, -0.2) is 0 Å². The third-order valence-electron chi connectivity index (χ3n) is 3.18. The van der Waals surface area contributed by atoms with Gasteiger partial charge in [0.2, 0.25) is 0 Å². The average molecular weight is 329 g/mol. The molecule has 1 heterocycles. The molecule has 0 aliphatic heterocycles. The Hall–Kier alpha value is -1.96. The lowest BCUT2D eigenvalue weighted by atomic mass is 10.1. The molecule has 22 heavy (non-hydrogen) atoms. The van der Waals surface area contributed by atoms with E-state index in [1.165, 1.54) is 12.1 Å². The first kappa shape index (κ1) is 16.4. The van der Waals surface area contributed by atoms with Gasteiger partial charge in [0.15, 0.2) is 0 Å². The number of aromatic nitrogens is 2. The van der Waals surface area contributed by atoms with Crippen LogP contribution in [0.15, 0.2) is 24.3 Å². The molecular weight excluding hydrogens is 315 g/mol. The van der Waals surface area contributed by atoms with Crippen molar-refractivity contribution in [2.75, 3.05) is 0 Å². The van der Waals surface area contributed by atoms with Gasteiger partial charge in [0, 0.05) is 0 Å². The van der Waals surface area contributed by atoms with Gasteiger partial charge in [-0.05, 0) is 42.6 Å². The molecule has 0 bridgehead atoms. The average Bonchev–Trinajstić information content (AvgIpc) is 2.95. The van der Waals surface area contributed by atoms with Gasteiger partial charge < -0.3 is 5.32 Å². The fourth-order valence-electron chi connectivity index (χ4n) is 1.92. The van der Waals surface area contributed by atoms with Crippen LogP contribution < -0.4 is 5.32 Å². The van der Waals surface area contributed by atoms with Crippen molar-refractivity contribution in [3.63, 3.8) is 0 Å². The summed E-state index contributed by atoms with van der Waals surface area (Å²) in [5, 5.41) is 6.60. The number of hydrogen-bond donors (Lipinski definition) is 1. The molecule has 1 aromatic heterocycles. The first-order chi connectivity index (χ1) is 10.3. The second-order valence-corrected chi connectivity index (χ2v) is 5.47. The van der Waals surface area contributed by atoms with E-state index in [4.69, 9.17) is 0 Å². The predicted molar refractivity (Wildman–Crippen MR) is 76.6 cm³/mol. The van der Waals surface area contributed by atoms with Crippen molar-refractivity contribution >= 4 is 17.4 Å². The highest BCUT2D eigenvalue weighted by Gasteiger charge is 2.30. The van der Waals surface area contributed by atoms with E-state index in [2.05, 4.69) is 14.9 Å². The molecular formula is C14H14F3N3OS. The highest BCUT2D eigenvalue weighted by Crippen LogP contribution is 2.30. The van der Waals surface area contributed by atoms with Gasteiger partial charge in [0.1, 0.15) is 4.88 Å². The van der Waals surface area contributed by atoms with Crippen molar-refractivity contribution in [3.05, 3.63) is 46.0 Å². The Balaban J connectivity index is 2.09. The van der Waals surface area contributed by atoms with E-state index in [0.717, 1.165) is 23.7 Å². The van der Waals surface area contributed by atoms with E-state index in [9.17, 15) is 18.0 Å². The van der Waals surface area contributed by atoms with Gasteiger partial charge in [-0.3, -0.25) is 4.79 Å². The number of alkyl halides is 3. The topological polar surface area (TPSA) is 54.9 Å². The lowest BCUT2D eigenvalue weighted by Gasteiger charge is -2.15. The molecule has 0 saturated heterocycles. The van der Waals surface area contributed by atoms with E-state index in [-0.39, 0.29) is 5.91 Å². The molecule has 0 unspecified atom stereocenters. The first-order valence-corrected chi connectivity index (χ1v) is 7.39. The minimum Gasteiger partial charge on any atom is -0.345 e. The van der Waals surface area contributed by atoms with Crippen LogP contribution in [-0.2, 0) is 12.6 Å². The molecule has 1 amide bonds. The summed E-state index contributed by atoms with van der Waals surface area (Å²) in [6, 6.07) is 4.31. The van der Waals surface area contributed by atoms with Crippen LogP contribution in [0.25, 0.3) is 0 Å². The second kappa shape index (κ2) is 6.43. The van der Waals surface area contributed by atoms with Crippen LogP contribution in [0.5, 0.6) is 0 Å². The molecule has 1 atom stereocenters. The van der Waals surface area contributed by atoms with E-state index in [0.29, 0.717) is 22.6 Å². The summed E-state index contributed by atoms with van der Waals surface area (Å²) >= 11 is 1.00. The van der Waals surface area contributed by atoms with Crippen LogP contribution in [0.2, 0.25) is 0 Å². The standard InChI is InChI=1S/C14H14F3N3OS/c1-3-11-12(22-20-19-11)13(21)18-8(2)9-4-6-10(7-5-9)14(15,16)17/h4-8H,3H2,1-2H3,(H,18,21)/t8-/m1/s1. The zero-order chi connectivity index (χ0) is 16.3. The highest BCUT2D eigenvalue weighted by molar-refractivity contribution is 7.08. The van der Waals surface area contributed by atoms with Gasteiger partial charge in [0.05, 0.1) is 17.3 Å². The second-order valence-electron chi connectivity index (χ2n) is 4.72. The molecule has 0 spiro atoms. The van der Waals surface area contributed by atoms with Crippen LogP contribution in [-0.4, -0.2) is 15.5 Å². The highest BCUT2D eigenvalue weighted by atomic mass is 32.1. The van der Waals surface area contributed by atoms with Gasteiger partial charge >= 0.3 is 6.18 Å². The molecule has 4 nitrogen and oxygen atoms in total. The SMILES string of the molecule is CCc1nnsc1C(=O)N[C@H](C)c1ccc(C(F)(F)F)cc1. The monoisotopic (exact) mass is 329 g/mol. The Bertz CT molecular complexity index is 652. The Kier molecular flexibility index (Phi) is 4.80. The zero-order valence-corrected chi connectivity index (χ0v) is 12.8. The Labute approximate surface area is 129 Å². The van der Waals surface area contributed by atoms with Crippen molar-refractivity contribution in [2.24, 2.45) is 0 Å². The van der Waals surface area contributed by atoms with Gasteiger partial charge in [-0.1, -0.05) is 23.5 Å². The summed E-state index contributed by atoms with van der Waals surface area (Å²) in [5.74, 6) is -0.320. The van der Waals surface area contributed by atoms with Crippen molar-refractivity contribution in [1.82, 2.24) is 14.9 Å². The summed E-state index contributed by atoms with van der Waals surface area (Å²) in [5.41, 5.74) is 0.494. The fraction of sp³-hybridized carbons (Fsp3) is 0.357. The molecule has 118 valence electrons. The summed E-state index contributed by atoms with van der Waals surface area (Å²) in [7, 11) is 0. The van der Waals surface area contributed by atoms with Crippen molar-refractivity contribution in [3.8, 4) is 0 Å². The number of nitrogens with zero attached hydrogens (tertiary/aromatic N) is 2. The fourth-order valence-corrected chi connectivity index (χ4v) is 2.57. The molecule has 0 saturated carbocycles. The number of benzene rings is 1. The lowest BCUT2D eigenvalue weighted by molar-refractivity contribution is -0.137. The number of carbonyl (C=O) groups excluding carboxylic acids is 1. The van der Waals surface area contributed by atoms with Crippen molar-refractivity contribution < 1.29 is 18.0 Å². The van der Waals surface area contributed by atoms with E-state index in [1.807, 2.05) is 6.92 Å². The number of hydrogen-bond acceptors (Lipinski definition) is 4. The predicted octanol–water partition coefficient (Wildman–Crippen LogP) is 3.61. The van der Waals surface area contributed by atoms with Crippen molar-refractivity contribution in [1.29, 1.82) is 0 Å². The number of carbonyl (C=O) groups is 1. The van der Waals surface area contributed by atoms with Crippen LogP contribution in [0.4, 0.5) is 13.2 Å². The third-order valence-corrected chi connectivity index (χ3v) is 3.95. The maximum atomic E-state index is 12.5. The summed E-state index contributed by atoms with van der Waals surface area (Å²) in [6.45, 7) is 3.58. The van der Waals surface area contributed by atoms with E-state index >= 15 is 0 Å². The molecule has 0 radical (unpaired) electrons. The Morgan fingerprint density at radius 3 is 2.50 bits per heavy atom. The lowest BCUT2D eigenvalue weighted by Crippen LogP contribution is -2.26. The molecule has 2 aromatic rings. The number of halogens is 3. The first-order valence-electron chi connectivity index (χ1n) is 6.62. The van der Waals surface area contributed by atoms with Gasteiger partial charge in [-0.2, -0.15) is 13.2 Å². The Morgan fingerprint density at radius 2 is 1.95 bits per heavy atom. The number of amides is 1. The normalized spacial score (nSPS) is 13.0. The maximum Gasteiger partial charge on any atom is 0.416 e. The van der Waals surface area contributed by atoms with Gasteiger partial charge in [-0.15, -0.1) is 5.10 Å². The molecule has 0 aliphatic rings. The van der Waals surface area contributed by atoms with Crippen LogP contribution >= 0.6 is 11.5 Å². The van der Waals surface area contributed by atoms with Crippen LogP contribution in [0.1, 0.15) is 46.4 Å². The van der Waals surface area contributed by atoms with Crippen molar-refractivity contribution in [2.45, 2.75) is 32.5 Å². The molecule has 1 N–H and O–H groups in total. The summed E-state index contributed by atoms with van der Waals surface area (Å²) in [6.07, 6.45) is -3.77. The molecule has 8 heteroatoms. The van der Waals surface area contributed by atoms with Crippen LogP contribution in [0, 0.1) is 0 Å².